The van der Waals surface area contributed by atoms with Crippen LogP contribution < -0.4 is 10.6 Å². The highest BCUT2D eigenvalue weighted by molar-refractivity contribution is 6.01. The Labute approximate surface area is 276 Å². The van der Waals surface area contributed by atoms with Gasteiger partial charge in [0.2, 0.25) is 23.6 Å². The molecule has 2 aliphatic rings. The molecule has 2 heterocycles. The van der Waals surface area contributed by atoms with Crippen molar-refractivity contribution in [3.63, 3.8) is 0 Å². The van der Waals surface area contributed by atoms with Gasteiger partial charge in [-0.1, -0.05) is 53.0 Å². The fourth-order valence-corrected chi connectivity index (χ4v) is 6.55. The normalized spacial score (nSPS) is 20.7. The molecular formula is C37H55N5O4. The zero-order valence-electron chi connectivity index (χ0n) is 29.4. The third-order valence-electron chi connectivity index (χ3n) is 9.28. The first kappa shape index (κ1) is 36.8. The number of likely N-dealkylation sites (N-methyl/N-ethyl adjacent to an activating group) is 1. The van der Waals surface area contributed by atoms with Crippen molar-refractivity contribution in [1.29, 1.82) is 0 Å². The van der Waals surface area contributed by atoms with Gasteiger partial charge in [-0.05, 0) is 88.6 Å². The zero-order chi connectivity index (χ0) is 34.3. The maximum absolute atomic E-state index is 14.1. The number of amides is 4. The molecule has 0 aromatic heterocycles. The van der Waals surface area contributed by atoms with Crippen molar-refractivity contribution < 1.29 is 19.2 Å². The van der Waals surface area contributed by atoms with Gasteiger partial charge in [0.25, 0.3) is 0 Å². The van der Waals surface area contributed by atoms with E-state index in [9.17, 15) is 19.2 Å². The Morgan fingerprint density at radius 3 is 2.15 bits per heavy atom. The molecule has 1 aromatic carbocycles. The fraction of sp³-hybridized carbons (Fsp3) is 0.622. The van der Waals surface area contributed by atoms with E-state index in [-0.39, 0.29) is 41.6 Å². The van der Waals surface area contributed by atoms with Crippen LogP contribution in [0.2, 0.25) is 0 Å². The van der Waals surface area contributed by atoms with Crippen LogP contribution in [-0.4, -0.2) is 88.7 Å². The Hall–Kier alpha value is -3.64. The third kappa shape index (κ3) is 9.00. The third-order valence-corrected chi connectivity index (χ3v) is 9.28. The van der Waals surface area contributed by atoms with E-state index in [0.29, 0.717) is 24.2 Å². The standard InChI is InChI=1S/C37H55N5O4/c1-11-27-17-19-28(20-18-27)38-33(43)30-16-14-22-42(30)35(45)26(6)23-31(24(2)3)40(10)36(46)32(37(7,8)9)39-34(44)29-15-12-13-21-41(29)25(4)5/h1,17-20,23-25,29-32H,12-16,21-22H2,2-10H3,(H,38,43)(H,39,44)/b26-23+/t29?,30-,31+,32+/m0/s1. The van der Waals surface area contributed by atoms with Gasteiger partial charge in [0.05, 0.1) is 12.1 Å². The molecule has 0 bridgehead atoms. The monoisotopic (exact) mass is 633 g/mol. The maximum atomic E-state index is 14.1. The number of anilines is 1. The van der Waals surface area contributed by atoms with Crippen LogP contribution in [0, 0.1) is 23.7 Å². The van der Waals surface area contributed by atoms with Gasteiger partial charge >= 0.3 is 0 Å². The molecule has 0 spiro atoms. The molecule has 0 saturated carbocycles. The van der Waals surface area contributed by atoms with Crippen LogP contribution in [0.4, 0.5) is 5.69 Å². The maximum Gasteiger partial charge on any atom is 0.249 e. The molecule has 2 N–H and O–H groups in total. The molecule has 4 atom stereocenters. The lowest BCUT2D eigenvalue weighted by molar-refractivity contribution is -0.142. The zero-order valence-corrected chi connectivity index (χ0v) is 29.4. The Morgan fingerprint density at radius 1 is 0.957 bits per heavy atom. The van der Waals surface area contributed by atoms with Gasteiger partial charge in [0, 0.05) is 36.5 Å². The number of piperidine rings is 1. The van der Waals surface area contributed by atoms with Crippen LogP contribution in [0.3, 0.4) is 0 Å². The summed E-state index contributed by atoms with van der Waals surface area (Å²) in [4.78, 5) is 60.2. The van der Waals surface area contributed by atoms with Gasteiger partial charge < -0.3 is 20.4 Å². The number of nitrogens with one attached hydrogen (secondary N) is 2. The average Bonchev–Trinajstić information content (AvgIpc) is 3.51. The van der Waals surface area contributed by atoms with Crippen LogP contribution in [0.25, 0.3) is 0 Å². The highest BCUT2D eigenvalue weighted by Crippen LogP contribution is 2.27. The van der Waals surface area contributed by atoms with Crippen molar-refractivity contribution in [2.24, 2.45) is 11.3 Å². The van der Waals surface area contributed by atoms with Crippen molar-refractivity contribution in [2.45, 2.75) is 118 Å². The highest BCUT2D eigenvalue weighted by atomic mass is 16.2. The lowest BCUT2D eigenvalue weighted by Gasteiger charge is -2.41. The Bertz CT molecular complexity index is 1320. The fourth-order valence-electron chi connectivity index (χ4n) is 6.55. The molecular weight excluding hydrogens is 578 g/mol. The van der Waals surface area contributed by atoms with Gasteiger partial charge in [-0.2, -0.15) is 0 Å². The number of benzene rings is 1. The molecule has 2 saturated heterocycles. The summed E-state index contributed by atoms with van der Waals surface area (Å²) >= 11 is 0. The summed E-state index contributed by atoms with van der Waals surface area (Å²) in [5.41, 5.74) is 1.28. The summed E-state index contributed by atoms with van der Waals surface area (Å²) < 4.78 is 0. The minimum absolute atomic E-state index is 0.00791. The molecule has 46 heavy (non-hydrogen) atoms. The van der Waals surface area contributed by atoms with Gasteiger partial charge in [-0.3, -0.25) is 24.1 Å². The van der Waals surface area contributed by atoms with Gasteiger partial charge in [-0.15, -0.1) is 6.42 Å². The van der Waals surface area contributed by atoms with E-state index in [1.807, 2.05) is 40.7 Å². The first-order valence-electron chi connectivity index (χ1n) is 16.8. The predicted molar refractivity (Wildman–Crippen MR) is 184 cm³/mol. The van der Waals surface area contributed by atoms with Crippen LogP contribution in [-0.2, 0) is 19.2 Å². The van der Waals surface area contributed by atoms with E-state index in [0.717, 1.165) is 37.8 Å². The van der Waals surface area contributed by atoms with Crippen molar-refractivity contribution >= 4 is 29.3 Å². The van der Waals surface area contributed by atoms with E-state index >= 15 is 0 Å². The molecule has 9 heteroatoms. The Balaban J connectivity index is 1.77. The number of carbonyl (C=O) groups excluding carboxylic acids is 4. The van der Waals surface area contributed by atoms with Crippen LogP contribution >= 0.6 is 0 Å². The first-order valence-corrected chi connectivity index (χ1v) is 16.8. The summed E-state index contributed by atoms with van der Waals surface area (Å²) in [6.07, 6.45) is 11.4. The number of terminal acetylenes is 1. The van der Waals surface area contributed by atoms with Crippen LogP contribution in [0.5, 0.6) is 0 Å². The molecule has 2 fully saturated rings. The van der Waals surface area contributed by atoms with Crippen LogP contribution in [0.15, 0.2) is 35.9 Å². The number of carbonyl (C=O) groups is 4. The summed E-state index contributed by atoms with van der Waals surface area (Å²) in [5.74, 6) is 1.78. The van der Waals surface area contributed by atoms with Gasteiger partial charge in [0.15, 0.2) is 0 Å². The molecule has 0 aliphatic carbocycles. The second kappa shape index (κ2) is 15.8. The smallest absolute Gasteiger partial charge is 0.249 e. The molecule has 0 radical (unpaired) electrons. The van der Waals surface area contributed by atoms with E-state index < -0.39 is 23.5 Å². The largest absolute Gasteiger partial charge is 0.342 e. The van der Waals surface area contributed by atoms with Gasteiger partial charge in [0.1, 0.15) is 12.1 Å². The van der Waals surface area contributed by atoms with Crippen molar-refractivity contribution in [3.8, 4) is 12.3 Å². The highest BCUT2D eigenvalue weighted by Gasteiger charge is 2.40. The first-order chi connectivity index (χ1) is 21.6. The van der Waals surface area contributed by atoms with E-state index in [1.54, 1.807) is 48.0 Å². The number of hydrogen-bond acceptors (Lipinski definition) is 5. The van der Waals surface area contributed by atoms with Crippen LogP contribution in [0.1, 0.15) is 93.1 Å². The SMILES string of the molecule is C#Cc1ccc(NC(=O)[C@@H]2CCCN2C(=O)/C(C)=C/[C@H](C(C)C)N(C)C(=O)[C@@H](NC(=O)C2CCCCN2C(C)C)C(C)(C)C)cc1. The summed E-state index contributed by atoms with van der Waals surface area (Å²) in [5, 5.41) is 6.04. The van der Waals surface area contributed by atoms with E-state index in [1.165, 1.54) is 0 Å². The summed E-state index contributed by atoms with van der Waals surface area (Å²) in [7, 11) is 1.74. The average molecular weight is 634 g/mol. The molecule has 4 amide bonds. The summed E-state index contributed by atoms with van der Waals surface area (Å²) in [6.45, 7) is 17.2. The number of nitrogens with zero attached hydrogens (tertiary/aromatic N) is 3. The topological polar surface area (TPSA) is 102 Å². The van der Waals surface area contributed by atoms with E-state index in [4.69, 9.17) is 6.42 Å². The molecule has 252 valence electrons. The van der Waals surface area contributed by atoms with Crippen molar-refractivity contribution in [1.82, 2.24) is 20.0 Å². The van der Waals surface area contributed by atoms with E-state index in [2.05, 4.69) is 35.3 Å². The molecule has 3 rings (SSSR count). The lowest BCUT2D eigenvalue weighted by Crippen LogP contribution is -2.60. The molecule has 9 nitrogen and oxygen atoms in total. The molecule has 1 unspecified atom stereocenters. The molecule has 2 aliphatic heterocycles. The second-order valence-corrected chi connectivity index (χ2v) is 14.6. The molecule has 1 aromatic rings. The van der Waals surface area contributed by atoms with Gasteiger partial charge in [-0.25, -0.2) is 0 Å². The predicted octanol–water partition coefficient (Wildman–Crippen LogP) is 4.82. The minimum atomic E-state index is -0.743. The number of hydrogen-bond donors (Lipinski definition) is 2. The summed E-state index contributed by atoms with van der Waals surface area (Å²) in [6, 6.07) is 5.27. The minimum Gasteiger partial charge on any atom is -0.342 e. The van der Waals surface area contributed by atoms with Crippen molar-refractivity contribution in [3.05, 3.63) is 41.5 Å². The Morgan fingerprint density at radius 2 is 1.59 bits per heavy atom. The van der Waals surface area contributed by atoms with Crippen molar-refractivity contribution in [2.75, 3.05) is 25.5 Å². The second-order valence-electron chi connectivity index (χ2n) is 14.6. The number of rotatable bonds is 10. The quantitative estimate of drug-likeness (QED) is 0.284. The Kier molecular flexibility index (Phi) is 12.6. The number of likely N-dealkylation sites (tertiary alicyclic amines) is 2. The lowest BCUT2D eigenvalue weighted by atomic mass is 9.84.